The molecule has 5 nitrogen and oxygen atoms in total. The van der Waals surface area contributed by atoms with Gasteiger partial charge in [-0.1, -0.05) is 26.0 Å². The number of hydrogen-bond acceptors (Lipinski definition) is 4. The van der Waals surface area contributed by atoms with Gasteiger partial charge in [0.15, 0.2) is 0 Å². The molecular formula is C25H28N4O. The minimum absolute atomic E-state index is 0.344. The van der Waals surface area contributed by atoms with Crippen molar-refractivity contribution in [2.24, 2.45) is 0 Å². The van der Waals surface area contributed by atoms with Crippen LogP contribution in [-0.4, -0.2) is 44.2 Å². The van der Waals surface area contributed by atoms with Crippen LogP contribution in [0.25, 0.3) is 33.1 Å². The number of aryl methyl sites for hydroxylation is 1. The van der Waals surface area contributed by atoms with Crippen LogP contribution in [0.1, 0.15) is 37.5 Å². The van der Waals surface area contributed by atoms with Gasteiger partial charge in [-0.15, -0.1) is 0 Å². The highest BCUT2D eigenvalue weighted by Crippen LogP contribution is 2.41. The Bertz CT molecular complexity index is 1190. The third-order valence-corrected chi connectivity index (χ3v) is 6.61. The third-order valence-electron chi connectivity index (χ3n) is 6.61. The summed E-state index contributed by atoms with van der Waals surface area (Å²) in [7, 11) is 0. The van der Waals surface area contributed by atoms with Gasteiger partial charge in [0.25, 0.3) is 0 Å². The largest absolute Gasteiger partial charge is 0.388 e. The molecule has 1 N–H and O–H groups in total. The van der Waals surface area contributed by atoms with Gasteiger partial charge in [0.1, 0.15) is 6.33 Å². The highest BCUT2D eigenvalue weighted by molar-refractivity contribution is 6.11. The molecule has 2 aromatic heterocycles. The standard InChI is InChI=1S/C25H28N4O/c1-3-28(4-2)13-14-29-22-8-5-17(21-11-12-26-16-27-21)15-20(22)25-19-7-10-24(30)18(19)6-9-23(25)29/h5-6,8-9,11-12,15-16,24,30H,3-4,7,10,13-14H2,1-2H3. The summed E-state index contributed by atoms with van der Waals surface area (Å²) in [6, 6.07) is 12.9. The van der Waals surface area contributed by atoms with Crippen molar-refractivity contribution in [1.82, 2.24) is 19.4 Å². The third kappa shape index (κ3) is 3.09. The Balaban J connectivity index is 1.72. The molecule has 1 aliphatic rings. The van der Waals surface area contributed by atoms with Gasteiger partial charge in [0, 0.05) is 46.7 Å². The van der Waals surface area contributed by atoms with Crippen LogP contribution in [0.2, 0.25) is 0 Å². The maximum atomic E-state index is 10.5. The lowest BCUT2D eigenvalue weighted by Crippen LogP contribution is -2.26. The average molecular weight is 401 g/mol. The van der Waals surface area contributed by atoms with E-state index in [1.165, 1.54) is 27.4 Å². The molecule has 4 aromatic rings. The minimum atomic E-state index is -0.344. The normalized spacial score (nSPS) is 16.1. The van der Waals surface area contributed by atoms with E-state index < -0.39 is 0 Å². The summed E-state index contributed by atoms with van der Waals surface area (Å²) in [6.07, 6.45) is 4.78. The zero-order valence-corrected chi connectivity index (χ0v) is 17.7. The van der Waals surface area contributed by atoms with E-state index in [1.54, 1.807) is 12.5 Å². The monoisotopic (exact) mass is 400 g/mol. The lowest BCUT2D eigenvalue weighted by Gasteiger charge is -2.19. The Kier molecular flexibility index (Phi) is 5.01. The van der Waals surface area contributed by atoms with Gasteiger partial charge < -0.3 is 14.6 Å². The van der Waals surface area contributed by atoms with Crippen LogP contribution in [0.4, 0.5) is 0 Å². The Morgan fingerprint density at radius 1 is 1.10 bits per heavy atom. The summed E-state index contributed by atoms with van der Waals surface area (Å²) in [4.78, 5) is 11.0. The average Bonchev–Trinajstić information content (AvgIpc) is 3.32. The van der Waals surface area contributed by atoms with Crippen LogP contribution in [0.5, 0.6) is 0 Å². The lowest BCUT2D eigenvalue weighted by molar-refractivity contribution is 0.180. The van der Waals surface area contributed by atoms with Crippen LogP contribution in [0.3, 0.4) is 0 Å². The van der Waals surface area contributed by atoms with Gasteiger partial charge in [-0.05, 0) is 61.3 Å². The highest BCUT2D eigenvalue weighted by atomic mass is 16.3. The molecule has 5 rings (SSSR count). The Labute approximate surface area is 177 Å². The molecule has 154 valence electrons. The quantitative estimate of drug-likeness (QED) is 0.515. The molecule has 0 amide bonds. The van der Waals surface area contributed by atoms with Gasteiger partial charge in [-0.2, -0.15) is 0 Å². The smallest absolute Gasteiger partial charge is 0.116 e. The van der Waals surface area contributed by atoms with Gasteiger partial charge in [-0.25, -0.2) is 9.97 Å². The van der Waals surface area contributed by atoms with Crippen molar-refractivity contribution in [3.63, 3.8) is 0 Å². The molecule has 1 aliphatic carbocycles. The summed E-state index contributed by atoms with van der Waals surface area (Å²) in [5, 5.41) is 13.0. The molecule has 1 unspecified atom stereocenters. The van der Waals surface area contributed by atoms with E-state index in [2.05, 4.69) is 63.6 Å². The van der Waals surface area contributed by atoms with E-state index in [1.807, 2.05) is 6.07 Å². The van der Waals surface area contributed by atoms with Gasteiger partial charge >= 0.3 is 0 Å². The van der Waals surface area contributed by atoms with Crippen LogP contribution in [0, 0.1) is 0 Å². The topological polar surface area (TPSA) is 54.2 Å². The molecule has 0 aliphatic heterocycles. The molecule has 5 heteroatoms. The molecule has 0 bridgehead atoms. The van der Waals surface area contributed by atoms with Gasteiger partial charge in [-0.3, -0.25) is 0 Å². The first-order chi connectivity index (χ1) is 14.7. The minimum Gasteiger partial charge on any atom is -0.388 e. The van der Waals surface area contributed by atoms with Crippen molar-refractivity contribution in [1.29, 1.82) is 0 Å². The number of nitrogens with zero attached hydrogens (tertiary/aromatic N) is 4. The van der Waals surface area contributed by atoms with E-state index in [4.69, 9.17) is 0 Å². The molecule has 1 atom stereocenters. The number of fused-ring (bicyclic) bond motifs is 5. The van der Waals surface area contributed by atoms with Gasteiger partial charge in [0.2, 0.25) is 0 Å². The van der Waals surface area contributed by atoms with Gasteiger partial charge in [0.05, 0.1) is 11.8 Å². The predicted molar refractivity (Wildman–Crippen MR) is 122 cm³/mol. The van der Waals surface area contributed by atoms with E-state index in [-0.39, 0.29) is 6.10 Å². The van der Waals surface area contributed by atoms with Crippen molar-refractivity contribution < 1.29 is 5.11 Å². The summed E-state index contributed by atoms with van der Waals surface area (Å²) in [6.45, 7) is 8.55. The Hall–Kier alpha value is -2.76. The molecular weight excluding hydrogens is 372 g/mol. The molecule has 0 spiro atoms. The Morgan fingerprint density at radius 2 is 1.93 bits per heavy atom. The zero-order valence-electron chi connectivity index (χ0n) is 17.7. The molecule has 0 saturated carbocycles. The fourth-order valence-electron chi connectivity index (χ4n) is 4.94. The van der Waals surface area contributed by atoms with Crippen LogP contribution in [-0.2, 0) is 13.0 Å². The van der Waals surface area contributed by atoms with Crippen molar-refractivity contribution in [2.45, 2.75) is 39.3 Å². The maximum absolute atomic E-state index is 10.5. The second-order valence-corrected chi connectivity index (χ2v) is 8.09. The number of likely N-dealkylation sites (N-methyl/N-ethyl adjacent to an activating group) is 1. The predicted octanol–water partition coefficient (Wildman–Crippen LogP) is 4.57. The van der Waals surface area contributed by atoms with E-state index in [9.17, 15) is 5.11 Å². The highest BCUT2D eigenvalue weighted by Gasteiger charge is 2.25. The van der Waals surface area contributed by atoms with Crippen LogP contribution < -0.4 is 0 Å². The Morgan fingerprint density at radius 3 is 2.70 bits per heavy atom. The first kappa shape index (κ1) is 19.2. The fraction of sp³-hybridized carbons (Fsp3) is 0.360. The second kappa shape index (κ2) is 7.82. The zero-order chi connectivity index (χ0) is 20.7. The van der Waals surface area contributed by atoms with Crippen molar-refractivity contribution in [3.05, 3.63) is 60.0 Å². The number of aliphatic hydroxyl groups is 1. The lowest BCUT2D eigenvalue weighted by atomic mass is 10.0. The molecule has 2 aromatic carbocycles. The first-order valence-electron chi connectivity index (χ1n) is 11.0. The van der Waals surface area contributed by atoms with E-state index >= 15 is 0 Å². The number of aromatic nitrogens is 3. The summed E-state index contributed by atoms with van der Waals surface area (Å²) in [5.41, 5.74) is 6.96. The van der Waals surface area contributed by atoms with Crippen molar-refractivity contribution in [3.8, 4) is 11.3 Å². The first-order valence-corrected chi connectivity index (χ1v) is 11.0. The summed E-state index contributed by atoms with van der Waals surface area (Å²) >= 11 is 0. The molecule has 2 heterocycles. The number of hydrogen-bond donors (Lipinski definition) is 1. The van der Waals surface area contributed by atoms with Crippen LogP contribution >= 0.6 is 0 Å². The molecule has 0 saturated heterocycles. The fourth-order valence-corrected chi connectivity index (χ4v) is 4.94. The SMILES string of the molecule is CCN(CC)CCn1c2ccc(-c3ccncn3)cc2c2c3c(ccc21)C(O)CC3. The van der Waals surface area contributed by atoms with Crippen LogP contribution in [0.15, 0.2) is 48.9 Å². The number of aliphatic hydroxyl groups excluding tert-OH is 1. The van der Waals surface area contributed by atoms with E-state index in [0.29, 0.717) is 0 Å². The molecule has 0 radical (unpaired) electrons. The van der Waals surface area contributed by atoms with Crippen molar-refractivity contribution in [2.75, 3.05) is 19.6 Å². The van der Waals surface area contributed by atoms with Crippen molar-refractivity contribution >= 4 is 21.8 Å². The summed E-state index contributed by atoms with van der Waals surface area (Å²) < 4.78 is 2.46. The number of benzene rings is 2. The van der Waals surface area contributed by atoms with E-state index in [0.717, 1.165) is 55.8 Å². The molecule has 0 fully saturated rings. The summed E-state index contributed by atoms with van der Waals surface area (Å²) in [5.74, 6) is 0. The maximum Gasteiger partial charge on any atom is 0.116 e. The molecule has 30 heavy (non-hydrogen) atoms. The number of rotatable bonds is 6. The second-order valence-electron chi connectivity index (χ2n) is 8.09.